The maximum absolute atomic E-state index is 5.34. The van der Waals surface area contributed by atoms with Crippen LogP contribution in [-0.4, -0.2) is 6.79 Å². The van der Waals surface area contributed by atoms with Crippen molar-refractivity contribution in [2.45, 2.75) is 6.92 Å². The van der Waals surface area contributed by atoms with E-state index in [0.29, 0.717) is 6.79 Å². The molecule has 3 nitrogen and oxygen atoms in total. The zero-order valence-corrected chi connectivity index (χ0v) is 9.57. The van der Waals surface area contributed by atoms with E-state index in [1.54, 1.807) is 0 Å². The minimum atomic E-state index is 0.309. The summed E-state index contributed by atoms with van der Waals surface area (Å²) < 4.78 is 10.6. The van der Waals surface area contributed by atoms with Crippen molar-refractivity contribution in [3.05, 3.63) is 48.0 Å². The lowest BCUT2D eigenvalue weighted by Crippen LogP contribution is -1.93. The van der Waals surface area contributed by atoms with Crippen molar-refractivity contribution in [2.75, 3.05) is 12.1 Å². The molecule has 1 N–H and O–H groups in total. The molecule has 1 aliphatic rings. The van der Waals surface area contributed by atoms with Gasteiger partial charge in [-0.25, -0.2) is 0 Å². The van der Waals surface area contributed by atoms with Crippen LogP contribution in [0.3, 0.4) is 0 Å². The van der Waals surface area contributed by atoms with Gasteiger partial charge in [-0.05, 0) is 36.8 Å². The molecule has 0 spiro atoms. The number of rotatable bonds is 2. The number of fused-ring (bicyclic) bond motifs is 1. The molecule has 2 aromatic carbocycles. The predicted molar refractivity (Wildman–Crippen MR) is 67.0 cm³/mol. The first-order chi connectivity index (χ1) is 8.31. The Balaban J connectivity index is 1.86. The lowest BCUT2D eigenvalue weighted by Gasteiger charge is -2.07. The Bertz CT molecular complexity index is 552. The average molecular weight is 227 g/mol. The van der Waals surface area contributed by atoms with E-state index >= 15 is 0 Å². The summed E-state index contributed by atoms with van der Waals surface area (Å²) in [5, 5.41) is 3.34. The van der Waals surface area contributed by atoms with Crippen LogP contribution in [0.2, 0.25) is 0 Å². The fraction of sp³-hybridized carbons (Fsp3) is 0.143. The Morgan fingerprint density at radius 1 is 0.941 bits per heavy atom. The molecule has 0 radical (unpaired) electrons. The molecule has 17 heavy (non-hydrogen) atoms. The lowest BCUT2D eigenvalue weighted by molar-refractivity contribution is 0.174. The van der Waals surface area contributed by atoms with Crippen LogP contribution in [0.5, 0.6) is 11.5 Å². The molecule has 0 unspecified atom stereocenters. The van der Waals surface area contributed by atoms with E-state index in [2.05, 4.69) is 24.4 Å². The van der Waals surface area contributed by atoms with Crippen molar-refractivity contribution >= 4 is 11.4 Å². The van der Waals surface area contributed by atoms with Crippen LogP contribution >= 0.6 is 0 Å². The highest BCUT2D eigenvalue weighted by Gasteiger charge is 2.12. The van der Waals surface area contributed by atoms with Gasteiger partial charge in [0.2, 0.25) is 6.79 Å². The minimum Gasteiger partial charge on any atom is -0.454 e. The topological polar surface area (TPSA) is 30.5 Å². The molecule has 0 aliphatic carbocycles. The van der Waals surface area contributed by atoms with Gasteiger partial charge in [0.1, 0.15) is 0 Å². The molecule has 3 heteroatoms. The number of aryl methyl sites for hydroxylation is 1. The largest absolute Gasteiger partial charge is 0.454 e. The highest BCUT2D eigenvalue weighted by atomic mass is 16.7. The van der Waals surface area contributed by atoms with Crippen molar-refractivity contribution in [1.82, 2.24) is 0 Å². The quantitative estimate of drug-likeness (QED) is 0.852. The third-order valence-electron chi connectivity index (χ3n) is 2.68. The summed E-state index contributed by atoms with van der Waals surface area (Å²) in [6.07, 6.45) is 0. The van der Waals surface area contributed by atoms with Gasteiger partial charge in [0.15, 0.2) is 11.5 Å². The van der Waals surface area contributed by atoms with Gasteiger partial charge in [-0.3, -0.25) is 0 Å². The first-order valence-electron chi connectivity index (χ1n) is 5.54. The SMILES string of the molecule is Cc1cccc(Nc2ccc3c(c2)OCO3)c1. The van der Waals surface area contributed by atoms with Crippen molar-refractivity contribution in [3.8, 4) is 11.5 Å². The van der Waals surface area contributed by atoms with Crippen LogP contribution < -0.4 is 14.8 Å². The Hall–Kier alpha value is -2.16. The van der Waals surface area contributed by atoms with Crippen LogP contribution in [0.15, 0.2) is 42.5 Å². The van der Waals surface area contributed by atoms with Gasteiger partial charge >= 0.3 is 0 Å². The average Bonchev–Trinajstić information content (AvgIpc) is 2.76. The summed E-state index contributed by atoms with van der Waals surface area (Å²) in [6, 6.07) is 14.1. The van der Waals surface area contributed by atoms with Gasteiger partial charge < -0.3 is 14.8 Å². The molecule has 2 aromatic rings. The van der Waals surface area contributed by atoms with Gasteiger partial charge in [-0.2, -0.15) is 0 Å². The summed E-state index contributed by atoms with van der Waals surface area (Å²) in [5.74, 6) is 1.60. The van der Waals surface area contributed by atoms with Crippen molar-refractivity contribution in [1.29, 1.82) is 0 Å². The zero-order valence-electron chi connectivity index (χ0n) is 9.57. The Labute approximate surface area is 100.0 Å². The molecule has 3 rings (SSSR count). The van der Waals surface area contributed by atoms with Crippen molar-refractivity contribution < 1.29 is 9.47 Å². The highest BCUT2D eigenvalue weighted by Crippen LogP contribution is 2.35. The standard InChI is InChI=1S/C14H13NO2/c1-10-3-2-4-11(7-10)15-12-5-6-13-14(8-12)17-9-16-13/h2-8,15H,9H2,1H3. The van der Waals surface area contributed by atoms with Crippen LogP contribution in [0.1, 0.15) is 5.56 Å². The summed E-state index contributed by atoms with van der Waals surface area (Å²) in [4.78, 5) is 0. The maximum atomic E-state index is 5.34. The zero-order chi connectivity index (χ0) is 11.7. The van der Waals surface area contributed by atoms with Crippen LogP contribution in [-0.2, 0) is 0 Å². The van der Waals surface area contributed by atoms with Crippen molar-refractivity contribution in [2.24, 2.45) is 0 Å². The van der Waals surface area contributed by atoms with Gasteiger partial charge in [0.25, 0.3) is 0 Å². The van der Waals surface area contributed by atoms with Crippen molar-refractivity contribution in [3.63, 3.8) is 0 Å². The van der Waals surface area contributed by atoms with Gasteiger partial charge in [-0.15, -0.1) is 0 Å². The number of nitrogens with one attached hydrogen (secondary N) is 1. The molecule has 1 heterocycles. The Kier molecular flexibility index (Phi) is 2.37. The fourth-order valence-corrected chi connectivity index (χ4v) is 1.86. The summed E-state index contributed by atoms with van der Waals surface area (Å²) in [7, 11) is 0. The summed E-state index contributed by atoms with van der Waals surface area (Å²) in [5.41, 5.74) is 3.31. The second kappa shape index (κ2) is 4.01. The first kappa shape index (κ1) is 10.0. The number of benzene rings is 2. The monoisotopic (exact) mass is 227 g/mol. The first-order valence-corrected chi connectivity index (χ1v) is 5.54. The molecule has 1 aliphatic heterocycles. The number of hydrogen-bond donors (Lipinski definition) is 1. The van der Waals surface area contributed by atoms with E-state index in [1.165, 1.54) is 5.56 Å². The molecule has 86 valence electrons. The van der Waals surface area contributed by atoms with E-state index in [-0.39, 0.29) is 0 Å². The lowest BCUT2D eigenvalue weighted by atomic mass is 10.2. The number of hydrogen-bond acceptors (Lipinski definition) is 3. The second-order valence-corrected chi connectivity index (χ2v) is 4.06. The molecule has 0 saturated heterocycles. The summed E-state index contributed by atoms with van der Waals surface area (Å²) in [6.45, 7) is 2.38. The molecule has 0 bridgehead atoms. The molecular weight excluding hydrogens is 214 g/mol. The number of ether oxygens (including phenoxy) is 2. The van der Waals surface area contributed by atoms with E-state index < -0.39 is 0 Å². The normalized spacial score (nSPS) is 12.5. The van der Waals surface area contributed by atoms with E-state index in [9.17, 15) is 0 Å². The molecule has 0 atom stereocenters. The molecule has 0 saturated carbocycles. The van der Waals surface area contributed by atoms with Gasteiger partial charge in [0.05, 0.1) is 0 Å². The van der Waals surface area contributed by atoms with E-state index in [1.807, 2.05) is 30.3 Å². The molecular formula is C14H13NO2. The van der Waals surface area contributed by atoms with Gasteiger partial charge in [-0.1, -0.05) is 12.1 Å². The molecule has 0 amide bonds. The van der Waals surface area contributed by atoms with E-state index in [0.717, 1.165) is 22.9 Å². The summed E-state index contributed by atoms with van der Waals surface area (Å²) >= 11 is 0. The van der Waals surface area contributed by atoms with E-state index in [4.69, 9.17) is 9.47 Å². The minimum absolute atomic E-state index is 0.309. The number of anilines is 2. The molecule has 0 aromatic heterocycles. The van der Waals surface area contributed by atoms with Crippen LogP contribution in [0.25, 0.3) is 0 Å². The van der Waals surface area contributed by atoms with Crippen LogP contribution in [0.4, 0.5) is 11.4 Å². The van der Waals surface area contributed by atoms with Crippen LogP contribution in [0, 0.1) is 6.92 Å². The molecule has 0 fully saturated rings. The fourth-order valence-electron chi connectivity index (χ4n) is 1.86. The Morgan fingerprint density at radius 2 is 1.76 bits per heavy atom. The predicted octanol–water partition coefficient (Wildman–Crippen LogP) is 3.47. The highest BCUT2D eigenvalue weighted by molar-refractivity contribution is 5.64. The maximum Gasteiger partial charge on any atom is 0.231 e. The Morgan fingerprint density at radius 3 is 2.65 bits per heavy atom. The third-order valence-corrected chi connectivity index (χ3v) is 2.68. The third kappa shape index (κ3) is 2.04. The van der Waals surface area contributed by atoms with Gasteiger partial charge in [0, 0.05) is 17.4 Å². The second-order valence-electron chi connectivity index (χ2n) is 4.06. The smallest absolute Gasteiger partial charge is 0.231 e.